The minimum atomic E-state index is -0.220. The van der Waals surface area contributed by atoms with Crippen molar-refractivity contribution in [2.45, 2.75) is 76.3 Å². The second-order valence-electron chi connectivity index (χ2n) is 9.54. The van der Waals surface area contributed by atoms with Gasteiger partial charge in [-0.05, 0) is 55.6 Å². The van der Waals surface area contributed by atoms with Crippen LogP contribution in [0.25, 0.3) is 0 Å². The average molecular weight is 386 g/mol. The maximum atomic E-state index is 14.4. The highest BCUT2D eigenvalue weighted by Crippen LogP contribution is 2.45. The van der Waals surface area contributed by atoms with Gasteiger partial charge in [-0.25, -0.2) is 9.37 Å². The van der Waals surface area contributed by atoms with Crippen molar-refractivity contribution >= 4 is 11.7 Å². The predicted octanol–water partition coefficient (Wildman–Crippen LogP) is 4.40. The van der Waals surface area contributed by atoms with Gasteiger partial charge in [-0.15, -0.1) is 0 Å². The van der Waals surface area contributed by atoms with Crippen LogP contribution in [0.2, 0.25) is 0 Å². The zero-order valence-electron chi connectivity index (χ0n) is 16.7. The zero-order chi connectivity index (χ0) is 19.1. The topological polar surface area (TPSA) is 36.4 Å². The molecule has 0 spiro atoms. The number of nitrogens with zero attached hydrogens (tertiary/aromatic N) is 3. The normalized spacial score (nSPS) is 33.7. The smallest absolute Gasteiger partial charge is 0.223 e. The van der Waals surface area contributed by atoms with Gasteiger partial charge in [0.25, 0.3) is 0 Å². The van der Waals surface area contributed by atoms with E-state index in [1.54, 1.807) is 12.3 Å². The van der Waals surface area contributed by atoms with Gasteiger partial charge < -0.3 is 9.80 Å². The van der Waals surface area contributed by atoms with Gasteiger partial charge in [-0.1, -0.05) is 32.1 Å². The van der Waals surface area contributed by atoms with Gasteiger partial charge in [0.15, 0.2) is 11.6 Å². The first-order valence-electron chi connectivity index (χ1n) is 11.4. The number of piperidine rings is 3. The number of amides is 1. The molecule has 1 aromatic heterocycles. The Morgan fingerprint density at radius 3 is 2.71 bits per heavy atom. The van der Waals surface area contributed by atoms with E-state index in [4.69, 9.17) is 0 Å². The molecule has 0 unspecified atom stereocenters. The molecule has 1 amide bonds. The van der Waals surface area contributed by atoms with E-state index >= 15 is 0 Å². The molecule has 3 aliphatic heterocycles. The van der Waals surface area contributed by atoms with Crippen LogP contribution < -0.4 is 4.90 Å². The van der Waals surface area contributed by atoms with Gasteiger partial charge in [-0.2, -0.15) is 0 Å². The maximum Gasteiger partial charge on any atom is 0.223 e. The van der Waals surface area contributed by atoms with Crippen molar-refractivity contribution in [1.29, 1.82) is 0 Å². The Labute approximate surface area is 167 Å². The summed E-state index contributed by atoms with van der Waals surface area (Å²) in [6, 6.07) is 3.87. The number of hydrogen-bond acceptors (Lipinski definition) is 3. The summed E-state index contributed by atoms with van der Waals surface area (Å²) in [5, 5.41) is 0. The third-order valence-electron chi connectivity index (χ3n) is 7.83. The number of pyridine rings is 1. The molecule has 4 aliphatic rings. The molecule has 152 valence electrons. The lowest BCUT2D eigenvalue weighted by Gasteiger charge is -2.57. The fourth-order valence-electron chi connectivity index (χ4n) is 6.63. The zero-order valence-corrected chi connectivity index (χ0v) is 16.7. The summed E-state index contributed by atoms with van der Waals surface area (Å²) >= 11 is 0. The third-order valence-corrected chi connectivity index (χ3v) is 7.83. The molecule has 4 fully saturated rings. The van der Waals surface area contributed by atoms with Gasteiger partial charge in [0.1, 0.15) is 0 Å². The highest BCUT2D eigenvalue weighted by molar-refractivity contribution is 5.78. The third kappa shape index (κ3) is 3.31. The van der Waals surface area contributed by atoms with Crippen molar-refractivity contribution in [2.75, 3.05) is 18.0 Å². The molecule has 1 aliphatic carbocycles. The summed E-state index contributed by atoms with van der Waals surface area (Å²) < 4.78 is 14.4. The van der Waals surface area contributed by atoms with Crippen molar-refractivity contribution in [3.05, 3.63) is 24.1 Å². The van der Waals surface area contributed by atoms with Crippen LogP contribution in [0.4, 0.5) is 10.2 Å². The highest BCUT2D eigenvalue weighted by atomic mass is 19.1. The molecule has 5 heteroatoms. The fraction of sp³-hybridized carbons (Fsp3) is 0.739. The number of rotatable bonds is 3. The minimum Gasteiger partial charge on any atom is -0.353 e. The highest BCUT2D eigenvalue weighted by Gasteiger charge is 2.50. The van der Waals surface area contributed by atoms with Crippen LogP contribution in [0, 0.1) is 23.6 Å². The van der Waals surface area contributed by atoms with Crippen LogP contribution in [0.1, 0.15) is 64.2 Å². The first kappa shape index (κ1) is 18.4. The number of carbonyl (C=O) groups excluding carboxylic acids is 1. The number of aromatic nitrogens is 1. The molecule has 4 atom stereocenters. The van der Waals surface area contributed by atoms with E-state index in [1.807, 2.05) is 0 Å². The summed E-state index contributed by atoms with van der Waals surface area (Å²) in [5.74, 6) is 2.32. The Hall–Kier alpha value is -1.65. The number of anilines is 1. The number of hydrogen-bond donors (Lipinski definition) is 0. The largest absolute Gasteiger partial charge is 0.353 e. The Balaban J connectivity index is 1.43. The molecular weight excluding hydrogens is 353 g/mol. The molecule has 5 rings (SSSR count). The van der Waals surface area contributed by atoms with Gasteiger partial charge in [0.05, 0.1) is 0 Å². The van der Waals surface area contributed by atoms with E-state index in [0.717, 1.165) is 44.7 Å². The van der Waals surface area contributed by atoms with Crippen LogP contribution in [0.5, 0.6) is 0 Å². The van der Waals surface area contributed by atoms with E-state index in [1.165, 1.54) is 44.6 Å². The molecule has 28 heavy (non-hydrogen) atoms. The van der Waals surface area contributed by atoms with Crippen LogP contribution >= 0.6 is 0 Å². The second-order valence-corrected chi connectivity index (χ2v) is 9.54. The second kappa shape index (κ2) is 7.64. The number of fused-ring (bicyclic) bond motifs is 4. The summed E-state index contributed by atoms with van der Waals surface area (Å²) in [6.07, 6.45) is 13.6. The van der Waals surface area contributed by atoms with Crippen molar-refractivity contribution in [3.8, 4) is 0 Å². The molecule has 4 heterocycles. The van der Waals surface area contributed by atoms with Gasteiger partial charge in [0, 0.05) is 37.8 Å². The maximum absolute atomic E-state index is 14.4. The molecule has 4 nitrogen and oxygen atoms in total. The Morgan fingerprint density at radius 1 is 1.07 bits per heavy atom. The molecule has 1 aromatic rings. The van der Waals surface area contributed by atoms with Crippen molar-refractivity contribution in [1.82, 2.24) is 9.88 Å². The Kier molecular flexibility index (Phi) is 5.02. The standard InChI is InChI=1S/C23H32FN3O/c24-19-8-5-11-25-23(19)26-14-17-13-18(15-26)21(12-16-6-2-1-3-7-16)27-20(17)9-4-10-22(27)28/h5,8,11,16-18,20-21H,1-4,6-7,9-10,12-15H2/t17-,18+,20+,21+/m1/s1. The van der Waals surface area contributed by atoms with E-state index in [2.05, 4.69) is 14.8 Å². The predicted molar refractivity (Wildman–Crippen MR) is 107 cm³/mol. The van der Waals surface area contributed by atoms with Crippen molar-refractivity contribution in [2.24, 2.45) is 17.8 Å². The van der Waals surface area contributed by atoms with E-state index in [0.29, 0.717) is 35.6 Å². The first-order valence-corrected chi connectivity index (χ1v) is 11.4. The SMILES string of the molecule is O=C1CCC[C@H]2[C@@H]3C[C@@H](CN(c4ncccc4F)C3)[C@H](CC3CCCCC3)N12. The van der Waals surface area contributed by atoms with Crippen LogP contribution in [-0.4, -0.2) is 41.0 Å². The van der Waals surface area contributed by atoms with E-state index < -0.39 is 0 Å². The first-order chi connectivity index (χ1) is 13.7. The lowest BCUT2D eigenvalue weighted by atomic mass is 9.69. The quantitative estimate of drug-likeness (QED) is 0.774. The van der Waals surface area contributed by atoms with Gasteiger partial charge in [0.2, 0.25) is 5.91 Å². The monoisotopic (exact) mass is 385 g/mol. The summed E-state index contributed by atoms with van der Waals surface area (Å²) in [5.41, 5.74) is 0. The van der Waals surface area contributed by atoms with Crippen LogP contribution in [-0.2, 0) is 4.79 Å². The lowest BCUT2D eigenvalue weighted by molar-refractivity contribution is -0.149. The van der Waals surface area contributed by atoms with Crippen molar-refractivity contribution in [3.63, 3.8) is 0 Å². The molecular formula is C23H32FN3O. The summed E-state index contributed by atoms with van der Waals surface area (Å²) in [6.45, 7) is 1.66. The number of carbonyl (C=O) groups is 1. The van der Waals surface area contributed by atoms with Crippen LogP contribution in [0.3, 0.4) is 0 Å². The fourth-order valence-corrected chi connectivity index (χ4v) is 6.63. The Morgan fingerprint density at radius 2 is 1.89 bits per heavy atom. The van der Waals surface area contributed by atoms with E-state index in [9.17, 15) is 9.18 Å². The molecule has 0 radical (unpaired) electrons. The molecule has 0 N–H and O–H groups in total. The van der Waals surface area contributed by atoms with Crippen LogP contribution in [0.15, 0.2) is 18.3 Å². The summed E-state index contributed by atoms with van der Waals surface area (Å²) in [7, 11) is 0. The average Bonchev–Trinajstić information content (AvgIpc) is 2.72. The minimum absolute atomic E-state index is 0.220. The summed E-state index contributed by atoms with van der Waals surface area (Å²) in [4.78, 5) is 21.8. The molecule has 3 saturated heterocycles. The molecule has 1 saturated carbocycles. The Bertz CT molecular complexity index is 720. The lowest BCUT2D eigenvalue weighted by Crippen LogP contribution is -2.65. The number of halogens is 1. The molecule has 0 aromatic carbocycles. The van der Waals surface area contributed by atoms with E-state index in [-0.39, 0.29) is 5.82 Å². The molecule has 2 bridgehead atoms. The van der Waals surface area contributed by atoms with Crippen molar-refractivity contribution < 1.29 is 9.18 Å². The van der Waals surface area contributed by atoms with Gasteiger partial charge >= 0.3 is 0 Å². The van der Waals surface area contributed by atoms with Gasteiger partial charge in [-0.3, -0.25) is 4.79 Å².